The van der Waals surface area contributed by atoms with E-state index in [1.165, 1.54) is 0 Å². The minimum atomic E-state index is -0.944. The van der Waals surface area contributed by atoms with Crippen molar-refractivity contribution in [2.75, 3.05) is 13.2 Å². The summed E-state index contributed by atoms with van der Waals surface area (Å²) in [6.45, 7) is 3.20. The molecular formula is C26H22O4. The summed E-state index contributed by atoms with van der Waals surface area (Å²) in [7, 11) is 0. The zero-order valence-corrected chi connectivity index (χ0v) is 16.5. The second-order valence-electron chi connectivity index (χ2n) is 7.03. The second kappa shape index (κ2) is 8.80. The van der Waals surface area contributed by atoms with Gasteiger partial charge in [0.15, 0.2) is 0 Å². The molecule has 0 aliphatic heterocycles. The van der Waals surface area contributed by atoms with Gasteiger partial charge in [0.2, 0.25) is 0 Å². The number of rotatable bonds is 7. The van der Waals surface area contributed by atoms with E-state index in [1.54, 1.807) is 0 Å². The van der Waals surface area contributed by atoms with Crippen LogP contribution in [-0.2, 0) is 9.53 Å². The molecule has 4 aromatic carbocycles. The van der Waals surface area contributed by atoms with Gasteiger partial charge in [0.1, 0.15) is 25.1 Å². The standard InChI is InChI=1S/C26H22O4/c1-2-25(28)29-16-22(27)17-30-26-23-11-7-6-10-20(23)14-21-13-12-19(15-24(21)26)18-8-4-3-5-9-18/h2-15,22,27H,1,16-17H2. The lowest BCUT2D eigenvalue weighted by Crippen LogP contribution is -2.24. The molecule has 1 N–H and O–H groups in total. The van der Waals surface area contributed by atoms with Crippen molar-refractivity contribution < 1.29 is 19.4 Å². The first-order valence-electron chi connectivity index (χ1n) is 9.76. The highest BCUT2D eigenvalue weighted by atomic mass is 16.5. The van der Waals surface area contributed by atoms with Gasteiger partial charge in [-0.1, -0.05) is 73.3 Å². The van der Waals surface area contributed by atoms with E-state index in [2.05, 4.69) is 43.0 Å². The van der Waals surface area contributed by atoms with Crippen LogP contribution in [0.2, 0.25) is 0 Å². The quantitative estimate of drug-likeness (QED) is 0.266. The minimum absolute atomic E-state index is 0.00307. The molecular weight excluding hydrogens is 376 g/mol. The number of aliphatic hydroxyl groups is 1. The third-order valence-electron chi connectivity index (χ3n) is 4.93. The molecule has 0 aliphatic carbocycles. The largest absolute Gasteiger partial charge is 0.489 e. The topological polar surface area (TPSA) is 55.8 Å². The molecule has 0 amide bonds. The van der Waals surface area contributed by atoms with Gasteiger partial charge < -0.3 is 14.6 Å². The molecule has 0 bridgehead atoms. The summed E-state index contributed by atoms with van der Waals surface area (Å²) in [5.41, 5.74) is 2.21. The first kappa shape index (κ1) is 19.7. The zero-order valence-electron chi connectivity index (χ0n) is 16.5. The number of ether oxygens (including phenoxy) is 2. The Balaban J connectivity index is 1.72. The van der Waals surface area contributed by atoms with Crippen LogP contribution in [0.5, 0.6) is 5.75 Å². The van der Waals surface area contributed by atoms with Gasteiger partial charge in [-0.3, -0.25) is 0 Å². The maximum atomic E-state index is 11.2. The number of hydrogen-bond donors (Lipinski definition) is 1. The van der Waals surface area contributed by atoms with Gasteiger partial charge in [-0.25, -0.2) is 4.79 Å². The molecule has 4 nitrogen and oxygen atoms in total. The molecule has 1 unspecified atom stereocenters. The number of benzene rings is 4. The molecule has 0 fully saturated rings. The van der Waals surface area contributed by atoms with Crippen LogP contribution in [0.1, 0.15) is 0 Å². The van der Waals surface area contributed by atoms with E-state index >= 15 is 0 Å². The van der Waals surface area contributed by atoms with Crippen LogP contribution in [0.15, 0.2) is 91.5 Å². The van der Waals surface area contributed by atoms with Crippen LogP contribution in [0.3, 0.4) is 0 Å². The lowest BCUT2D eigenvalue weighted by atomic mass is 9.97. The van der Waals surface area contributed by atoms with Gasteiger partial charge in [-0.15, -0.1) is 0 Å². The monoisotopic (exact) mass is 398 g/mol. The lowest BCUT2D eigenvalue weighted by Gasteiger charge is -2.17. The minimum Gasteiger partial charge on any atom is -0.489 e. The van der Waals surface area contributed by atoms with Crippen molar-refractivity contribution in [1.29, 1.82) is 0 Å². The summed E-state index contributed by atoms with van der Waals surface area (Å²) < 4.78 is 11.0. The van der Waals surface area contributed by atoms with E-state index in [4.69, 9.17) is 9.47 Å². The first-order valence-corrected chi connectivity index (χ1v) is 9.76. The molecule has 0 radical (unpaired) electrons. The Morgan fingerprint density at radius 1 is 0.867 bits per heavy atom. The van der Waals surface area contributed by atoms with E-state index in [-0.39, 0.29) is 13.2 Å². The summed E-state index contributed by atoms with van der Waals surface area (Å²) in [4.78, 5) is 11.2. The molecule has 0 aliphatic rings. The number of hydrogen-bond acceptors (Lipinski definition) is 4. The van der Waals surface area contributed by atoms with E-state index in [9.17, 15) is 9.90 Å². The zero-order chi connectivity index (χ0) is 20.9. The summed E-state index contributed by atoms with van der Waals surface area (Å²) in [6.07, 6.45) is 0.122. The third-order valence-corrected chi connectivity index (χ3v) is 4.93. The second-order valence-corrected chi connectivity index (χ2v) is 7.03. The molecule has 0 saturated heterocycles. The highest BCUT2D eigenvalue weighted by Gasteiger charge is 2.14. The Kier molecular flexibility index (Phi) is 5.77. The average molecular weight is 398 g/mol. The Hall–Kier alpha value is -3.63. The molecule has 0 aromatic heterocycles. The summed E-state index contributed by atoms with van der Waals surface area (Å²) in [6, 6.07) is 26.6. The van der Waals surface area contributed by atoms with Gasteiger partial charge in [0.25, 0.3) is 0 Å². The smallest absolute Gasteiger partial charge is 0.330 e. The van der Waals surface area contributed by atoms with Gasteiger partial charge in [0.05, 0.1) is 0 Å². The number of esters is 1. The Labute approximate surface area is 175 Å². The summed E-state index contributed by atoms with van der Waals surface area (Å²) >= 11 is 0. The van der Waals surface area contributed by atoms with E-state index in [1.807, 2.05) is 42.5 Å². The molecule has 0 heterocycles. The van der Waals surface area contributed by atoms with Crippen LogP contribution < -0.4 is 4.74 Å². The maximum Gasteiger partial charge on any atom is 0.330 e. The Morgan fingerprint density at radius 3 is 2.40 bits per heavy atom. The van der Waals surface area contributed by atoms with Crippen LogP contribution in [0, 0.1) is 0 Å². The molecule has 4 rings (SSSR count). The van der Waals surface area contributed by atoms with Gasteiger partial charge in [-0.05, 0) is 34.0 Å². The predicted molar refractivity (Wildman–Crippen MR) is 120 cm³/mol. The molecule has 30 heavy (non-hydrogen) atoms. The van der Waals surface area contributed by atoms with E-state index in [0.29, 0.717) is 5.75 Å². The van der Waals surface area contributed by atoms with Gasteiger partial charge >= 0.3 is 5.97 Å². The van der Waals surface area contributed by atoms with E-state index in [0.717, 1.165) is 38.7 Å². The Morgan fingerprint density at radius 2 is 1.60 bits per heavy atom. The first-order chi connectivity index (χ1) is 14.7. The molecule has 150 valence electrons. The van der Waals surface area contributed by atoms with Crippen molar-refractivity contribution in [1.82, 2.24) is 0 Å². The number of carbonyl (C=O) groups excluding carboxylic acids is 1. The fourth-order valence-corrected chi connectivity index (χ4v) is 3.45. The van der Waals surface area contributed by atoms with Crippen molar-refractivity contribution in [3.63, 3.8) is 0 Å². The fourth-order valence-electron chi connectivity index (χ4n) is 3.45. The van der Waals surface area contributed by atoms with Crippen molar-refractivity contribution in [2.45, 2.75) is 6.10 Å². The van der Waals surface area contributed by atoms with Crippen molar-refractivity contribution >= 4 is 27.5 Å². The number of carbonyl (C=O) groups is 1. The highest BCUT2D eigenvalue weighted by molar-refractivity contribution is 6.06. The predicted octanol–water partition coefficient (Wildman–Crippen LogP) is 5.13. The summed E-state index contributed by atoms with van der Waals surface area (Å²) in [5.74, 6) is 0.132. The van der Waals surface area contributed by atoms with Gasteiger partial charge in [0, 0.05) is 16.8 Å². The normalized spacial score (nSPS) is 11.9. The average Bonchev–Trinajstić information content (AvgIpc) is 2.80. The molecule has 4 heteroatoms. The Bertz CT molecular complexity index is 1200. The van der Waals surface area contributed by atoms with Crippen LogP contribution >= 0.6 is 0 Å². The van der Waals surface area contributed by atoms with Crippen LogP contribution in [-0.4, -0.2) is 30.4 Å². The number of fused-ring (bicyclic) bond motifs is 2. The number of aliphatic hydroxyl groups excluding tert-OH is 1. The molecule has 4 aromatic rings. The lowest BCUT2D eigenvalue weighted by molar-refractivity contribution is -0.141. The fraction of sp³-hybridized carbons (Fsp3) is 0.115. The molecule has 0 saturated carbocycles. The maximum absolute atomic E-state index is 11.2. The van der Waals surface area contributed by atoms with Crippen molar-refractivity contribution in [3.8, 4) is 16.9 Å². The highest BCUT2D eigenvalue weighted by Crippen LogP contribution is 2.37. The molecule has 0 spiro atoms. The van der Waals surface area contributed by atoms with E-state index < -0.39 is 12.1 Å². The SMILES string of the molecule is C=CC(=O)OCC(O)COc1c2ccccc2cc2ccc(-c3ccccc3)cc12. The van der Waals surface area contributed by atoms with Gasteiger partial charge in [-0.2, -0.15) is 0 Å². The van der Waals surface area contributed by atoms with Crippen molar-refractivity contribution in [2.24, 2.45) is 0 Å². The third kappa shape index (κ3) is 4.19. The summed E-state index contributed by atoms with van der Waals surface area (Å²) in [5, 5.41) is 14.2. The van der Waals surface area contributed by atoms with Crippen molar-refractivity contribution in [3.05, 3.63) is 91.5 Å². The van der Waals surface area contributed by atoms with Crippen LogP contribution in [0.25, 0.3) is 32.7 Å². The molecule has 1 atom stereocenters. The van der Waals surface area contributed by atoms with Crippen LogP contribution in [0.4, 0.5) is 0 Å².